The van der Waals surface area contributed by atoms with Crippen molar-refractivity contribution < 1.29 is 4.74 Å². The van der Waals surface area contributed by atoms with Gasteiger partial charge in [-0.2, -0.15) is 12.6 Å². The lowest BCUT2D eigenvalue weighted by Crippen LogP contribution is -2.16. The van der Waals surface area contributed by atoms with Crippen LogP contribution >= 0.6 is 12.6 Å². The van der Waals surface area contributed by atoms with E-state index in [1.54, 1.807) is 7.11 Å². The minimum Gasteiger partial charge on any atom is -0.496 e. The predicted molar refractivity (Wildman–Crippen MR) is 58.6 cm³/mol. The van der Waals surface area contributed by atoms with Gasteiger partial charge in [-0.05, 0) is 6.07 Å². The van der Waals surface area contributed by atoms with Crippen LogP contribution in [0.25, 0.3) is 0 Å². The number of para-hydroxylation sites is 1. The van der Waals surface area contributed by atoms with E-state index in [0.717, 1.165) is 24.6 Å². The van der Waals surface area contributed by atoms with E-state index in [1.807, 2.05) is 18.2 Å². The number of hydrogen-bond acceptors (Lipinski definition) is 3. The van der Waals surface area contributed by atoms with Gasteiger partial charge in [0.1, 0.15) is 5.75 Å². The van der Waals surface area contributed by atoms with Crippen LogP contribution in [0.4, 0.5) is 0 Å². The number of rotatable bonds is 5. The third-order valence-corrected chi connectivity index (χ3v) is 2.02. The van der Waals surface area contributed by atoms with Crippen LogP contribution < -0.4 is 10.1 Å². The quantitative estimate of drug-likeness (QED) is 0.554. The first-order chi connectivity index (χ1) is 6.38. The first-order valence-electron chi connectivity index (χ1n) is 4.32. The fourth-order valence-corrected chi connectivity index (χ4v) is 1.31. The summed E-state index contributed by atoms with van der Waals surface area (Å²) in [6, 6.07) is 8.02. The molecule has 0 heterocycles. The molecule has 0 radical (unpaired) electrons. The molecule has 72 valence electrons. The third kappa shape index (κ3) is 3.28. The van der Waals surface area contributed by atoms with Crippen molar-refractivity contribution in [3.05, 3.63) is 29.8 Å². The van der Waals surface area contributed by atoms with Crippen LogP contribution in [0.1, 0.15) is 5.56 Å². The second-order valence-electron chi connectivity index (χ2n) is 2.71. The standard InChI is InChI=1S/C10H15NOS/c1-12-10-5-3-2-4-9(10)8-11-6-7-13/h2-5,11,13H,6-8H2,1H3. The zero-order chi connectivity index (χ0) is 9.52. The van der Waals surface area contributed by atoms with Crippen LogP contribution in [0.2, 0.25) is 0 Å². The lowest BCUT2D eigenvalue weighted by molar-refractivity contribution is 0.408. The van der Waals surface area contributed by atoms with E-state index in [-0.39, 0.29) is 0 Å². The van der Waals surface area contributed by atoms with Gasteiger partial charge in [0.05, 0.1) is 7.11 Å². The van der Waals surface area contributed by atoms with Crippen LogP contribution in [0.5, 0.6) is 5.75 Å². The molecule has 0 aromatic heterocycles. The number of thiol groups is 1. The van der Waals surface area contributed by atoms with Crippen molar-refractivity contribution in [1.82, 2.24) is 5.32 Å². The Labute approximate surface area is 84.7 Å². The van der Waals surface area contributed by atoms with E-state index in [4.69, 9.17) is 4.74 Å². The Hall–Kier alpha value is -0.670. The van der Waals surface area contributed by atoms with Crippen molar-refractivity contribution in [1.29, 1.82) is 0 Å². The smallest absolute Gasteiger partial charge is 0.123 e. The van der Waals surface area contributed by atoms with Gasteiger partial charge in [0.2, 0.25) is 0 Å². The molecule has 1 aromatic carbocycles. The molecule has 0 aliphatic heterocycles. The van der Waals surface area contributed by atoms with Gasteiger partial charge in [-0.25, -0.2) is 0 Å². The molecule has 0 saturated heterocycles. The zero-order valence-electron chi connectivity index (χ0n) is 7.79. The molecule has 0 bridgehead atoms. The maximum Gasteiger partial charge on any atom is 0.123 e. The number of methoxy groups -OCH3 is 1. The summed E-state index contributed by atoms with van der Waals surface area (Å²) in [6.45, 7) is 1.76. The van der Waals surface area contributed by atoms with Crippen LogP contribution in [0, 0.1) is 0 Å². The minimum atomic E-state index is 0.838. The van der Waals surface area contributed by atoms with Crippen LogP contribution in [-0.4, -0.2) is 19.4 Å². The molecule has 13 heavy (non-hydrogen) atoms. The molecule has 1 rings (SSSR count). The first-order valence-corrected chi connectivity index (χ1v) is 4.95. The monoisotopic (exact) mass is 197 g/mol. The van der Waals surface area contributed by atoms with E-state index in [9.17, 15) is 0 Å². The summed E-state index contributed by atoms with van der Waals surface area (Å²) >= 11 is 4.12. The Kier molecular flexibility index (Phi) is 4.72. The molecule has 0 aliphatic rings. The highest BCUT2D eigenvalue weighted by molar-refractivity contribution is 7.80. The highest BCUT2D eigenvalue weighted by atomic mass is 32.1. The summed E-state index contributed by atoms with van der Waals surface area (Å²) in [5.74, 6) is 1.80. The molecule has 0 atom stereocenters. The SMILES string of the molecule is COc1ccccc1CNCCS. The Bertz CT molecular complexity index is 252. The van der Waals surface area contributed by atoms with E-state index in [0.29, 0.717) is 0 Å². The van der Waals surface area contributed by atoms with Gasteiger partial charge in [-0.15, -0.1) is 0 Å². The Morgan fingerprint density at radius 3 is 2.85 bits per heavy atom. The molecule has 1 aromatic rings. The van der Waals surface area contributed by atoms with Crippen molar-refractivity contribution in [2.24, 2.45) is 0 Å². The number of ether oxygens (including phenoxy) is 1. The maximum absolute atomic E-state index is 5.22. The molecule has 1 N–H and O–H groups in total. The molecule has 0 saturated carbocycles. The van der Waals surface area contributed by atoms with Crippen molar-refractivity contribution in [2.45, 2.75) is 6.54 Å². The Morgan fingerprint density at radius 1 is 1.38 bits per heavy atom. The summed E-state index contributed by atoms with van der Waals surface area (Å²) in [6.07, 6.45) is 0. The number of benzene rings is 1. The molecule has 3 heteroatoms. The van der Waals surface area contributed by atoms with E-state index in [1.165, 1.54) is 5.56 Å². The maximum atomic E-state index is 5.22. The Balaban J connectivity index is 2.54. The van der Waals surface area contributed by atoms with Crippen molar-refractivity contribution in [3.8, 4) is 5.75 Å². The lowest BCUT2D eigenvalue weighted by Gasteiger charge is -2.08. The van der Waals surface area contributed by atoms with Gasteiger partial charge in [0.25, 0.3) is 0 Å². The third-order valence-electron chi connectivity index (χ3n) is 1.80. The molecule has 0 unspecified atom stereocenters. The molecular formula is C10H15NOS. The van der Waals surface area contributed by atoms with E-state index in [2.05, 4.69) is 24.0 Å². The average Bonchev–Trinajstić information content (AvgIpc) is 2.19. The zero-order valence-corrected chi connectivity index (χ0v) is 8.68. The van der Waals surface area contributed by atoms with Crippen LogP contribution in [-0.2, 0) is 6.54 Å². The molecular weight excluding hydrogens is 182 g/mol. The van der Waals surface area contributed by atoms with Gasteiger partial charge < -0.3 is 10.1 Å². The van der Waals surface area contributed by atoms with Gasteiger partial charge in [-0.3, -0.25) is 0 Å². The topological polar surface area (TPSA) is 21.3 Å². The average molecular weight is 197 g/mol. The molecule has 2 nitrogen and oxygen atoms in total. The second kappa shape index (κ2) is 5.89. The van der Waals surface area contributed by atoms with Crippen molar-refractivity contribution in [3.63, 3.8) is 0 Å². The first kappa shape index (κ1) is 10.4. The largest absolute Gasteiger partial charge is 0.496 e. The highest BCUT2D eigenvalue weighted by Crippen LogP contribution is 2.16. The fourth-order valence-electron chi connectivity index (χ4n) is 1.15. The predicted octanol–water partition coefficient (Wildman–Crippen LogP) is 1.71. The van der Waals surface area contributed by atoms with Crippen molar-refractivity contribution >= 4 is 12.6 Å². The van der Waals surface area contributed by atoms with Gasteiger partial charge >= 0.3 is 0 Å². The summed E-state index contributed by atoms with van der Waals surface area (Å²) in [5, 5.41) is 3.27. The second-order valence-corrected chi connectivity index (χ2v) is 3.16. The summed E-state index contributed by atoms with van der Waals surface area (Å²) in [4.78, 5) is 0. The molecule has 0 spiro atoms. The van der Waals surface area contributed by atoms with Crippen molar-refractivity contribution in [2.75, 3.05) is 19.4 Å². The minimum absolute atomic E-state index is 0.838. The molecule has 0 aliphatic carbocycles. The highest BCUT2D eigenvalue weighted by Gasteiger charge is 1.99. The Morgan fingerprint density at radius 2 is 2.15 bits per heavy atom. The van der Waals surface area contributed by atoms with Crippen LogP contribution in [0.15, 0.2) is 24.3 Å². The summed E-state index contributed by atoms with van der Waals surface area (Å²) < 4.78 is 5.22. The summed E-state index contributed by atoms with van der Waals surface area (Å²) in [5.41, 5.74) is 1.19. The fraction of sp³-hybridized carbons (Fsp3) is 0.400. The number of nitrogens with one attached hydrogen (secondary N) is 1. The van der Waals surface area contributed by atoms with Gasteiger partial charge in [0.15, 0.2) is 0 Å². The van der Waals surface area contributed by atoms with Gasteiger partial charge in [0, 0.05) is 24.4 Å². The van der Waals surface area contributed by atoms with E-state index < -0.39 is 0 Å². The number of hydrogen-bond donors (Lipinski definition) is 2. The molecule has 0 amide bonds. The van der Waals surface area contributed by atoms with E-state index >= 15 is 0 Å². The normalized spacial score (nSPS) is 10.0. The van der Waals surface area contributed by atoms with Gasteiger partial charge in [-0.1, -0.05) is 18.2 Å². The van der Waals surface area contributed by atoms with Crippen LogP contribution in [0.3, 0.4) is 0 Å². The molecule has 0 fully saturated rings. The summed E-state index contributed by atoms with van der Waals surface area (Å²) in [7, 11) is 1.69. The lowest BCUT2D eigenvalue weighted by atomic mass is 10.2.